The Balaban J connectivity index is 1.53. The summed E-state index contributed by atoms with van der Waals surface area (Å²) in [5.41, 5.74) is -1.99. The number of carboxylic acid groups (broad SMARTS) is 1. The van der Waals surface area contributed by atoms with Crippen LogP contribution in [0.15, 0.2) is 23.8 Å². The van der Waals surface area contributed by atoms with Gasteiger partial charge in [0.2, 0.25) is 5.78 Å². The van der Waals surface area contributed by atoms with E-state index >= 15 is 0 Å². The van der Waals surface area contributed by atoms with Crippen molar-refractivity contribution >= 4 is 23.5 Å². The van der Waals surface area contributed by atoms with Crippen molar-refractivity contribution in [1.29, 1.82) is 0 Å². The van der Waals surface area contributed by atoms with E-state index in [-0.39, 0.29) is 49.2 Å². The van der Waals surface area contributed by atoms with Crippen molar-refractivity contribution in [3.63, 3.8) is 0 Å². The van der Waals surface area contributed by atoms with E-state index in [0.29, 0.717) is 6.42 Å². The fraction of sp³-hybridized carbons (Fsp3) is 0.680. The molecule has 4 unspecified atom stereocenters. The van der Waals surface area contributed by atoms with Gasteiger partial charge in [-0.1, -0.05) is 25.5 Å². The van der Waals surface area contributed by atoms with Gasteiger partial charge in [0.05, 0.1) is 18.9 Å². The summed E-state index contributed by atoms with van der Waals surface area (Å²) in [5.74, 6) is -2.58. The Kier molecular flexibility index (Phi) is 5.90. The van der Waals surface area contributed by atoms with Crippen LogP contribution in [-0.4, -0.2) is 57.1 Å². The van der Waals surface area contributed by atoms with E-state index in [4.69, 9.17) is 9.84 Å². The van der Waals surface area contributed by atoms with Gasteiger partial charge >= 0.3 is 11.9 Å². The molecule has 0 aromatic rings. The van der Waals surface area contributed by atoms with E-state index in [1.54, 1.807) is 12.2 Å². The lowest BCUT2D eigenvalue weighted by molar-refractivity contribution is -0.181. The molecule has 8 nitrogen and oxygen atoms in total. The zero-order valence-electron chi connectivity index (χ0n) is 19.1. The monoisotopic (exact) mass is 460 g/mol. The molecule has 0 spiro atoms. The van der Waals surface area contributed by atoms with Crippen molar-refractivity contribution < 1.29 is 39.2 Å². The van der Waals surface area contributed by atoms with Crippen LogP contribution in [0, 0.1) is 28.6 Å². The van der Waals surface area contributed by atoms with Gasteiger partial charge in [0.15, 0.2) is 12.4 Å². The molecule has 33 heavy (non-hydrogen) atoms. The van der Waals surface area contributed by atoms with Gasteiger partial charge in [0.25, 0.3) is 0 Å². The number of allylic oxidation sites excluding steroid dienone is 4. The molecule has 0 bridgehead atoms. The molecule has 0 amide bonds. The second-order valence-electron chi connectivity index (χ2n) is 10.6. The van der Waals surface area contributed by atoms with Crippen molar-refractivity contribution in [1.82, 2.24) is 0 Å². The first kappa shape index (κ1) is 23.8. The van der Waals surface area contributed by atoms with E-state index in [0.717, 1.165) is 18.4 Å². The van der Waals surface area contributed by atoms with Gasteiger partial charge in [0.1, 0.15) is 5.60 Å². The normalized spacial score (nSPS) is 41.5. The van der Waals surface area contributed by atoms with Crippen LogP contribution in [0.2, 0.25) is 0 Å². The molecule has 180 valence electrons. The number of aliphatic hydroxyl groups is 2. The lowest BCUT2D eigenvalue weighted by atomic mass is 9.46. The molecule has 0 aromatic heterocycles. The zero-order chi connectivity index (χ0) is 24.2. The molecule has 7 atom stereocenters. The molecule has 4 aliphatic rings. The number of esters is 1. The Hall–Kier alpha value is -2.32. The SMILES string of the molecule is C[C@]12C=CC(=O)C=C1CCC1C2C(O)C[C@@]2(C)C1CC[C@]2(O)C(=O)COC(=O)CCC(=O)O. The maximum absolute atomic E-state index is 13.1. The molecule has 4 rings (SSSR count). The molecule has 3 N–H and O–H groups in total. The number of carbonyl (C=O) groups excluding carboxylic acids is 3. The van der Waals surface area contributed by atoms with Crippen LogP contribution in [0.25, 0.3) is 0 Å². The highest BCUT2D eigenvalue weighted by Crippen LogP contribution is 2.67. The third-order valence-electron chi connectivity index (χ3n) is 9.02. The topological polar surface area (TPSA) is 138 Å². The molecule has 0 saturated heterocycles. The van der Waals surface area contributed by atoms with Crippen molar-refractivity contribution in [2.45, 2.75) is 70.5 Å². The third-order valence-corrected chi connectivity index (χ3v) is 9.02. The number of ether oxygens (including phenoxy) is 1. The van der Waals surface area contributed by atoms with E-state index in [1.165, 1.54) is 0 Å². The van der Waals surface area contributed by atoms with Crippen LogP contribution in [0.1, 0.15) is 58.8 Å². The van der Waals surface area contributed by atoms with E-state index in [9.17, 15) is 29.4 Å². The van der Waals surface area contributed by atoms with Crippen molar-refractivity contribution in [2.75, 3.05) is 6.61 Å². The second-order valence-corrected chi connectivity index (χ2v) is 10.6. The predicted octanol–water partition coefficient (Wildman–Crippen LogP) is 1.97. The summed E-state index contributed by atoms with van der Waals surface area (Å²) in [6, 6.07) is 0. The largest absolute Gasteiger partial charge is 0.481 e. The number of carbonyl (C=O) groups is 4. The summed E-state index contributed by atoms with van der Waals surface area (Å²) >= 11 is 0. The van der Waals surface area contributed by atoms with Crippen LogP contribution in [0.5, 0.6) is 0 Å². The minimum absolute atomic E-state index is 0.00645. The molecule has 0 radical (unpaired) electrons. The second kappa shape index (κ2) is 8.17. The highest BCUT2D eigenvalue weighted by atomic mass is 16.5. The smallest absolute Gasteiger partial charge is 0.306 e. The number of fused-ring (bicyclic) bond motifs is 5. The molecule has 4 aliphatic carbocycles. The van der Waals surface area contributed by atoms with Gasteiger partial charge in [0, 0.05) is 16.7 Å². The van der Waals surface area contributed by atoms with Crippen LogP contribution in [0.3, 0.4) is 0 Å². The number of carboxylic acids is 1. The van der Waals surface area contributed by atoms with Gasteiger partial charge < -0.3 is 20.1 Å². The molecule has 0 aromatic carbocycles. The molecule has 3 saturated carbocycles. The van der Waals surface area contributed by atoms with Crippen molar-refractivity contribution in [3.05, 3.63) is 23.8 Å². The highest BCUT2D eigenvalue weighted by Gasteiger charge is 2.68. The molecule has 3 fully saturated rings. The summed E-state index contributed by atoms with van der Waals surface area (Å²) in [7, 11) is 0. The fourth-order valence-electron chi connectivity index (χ4n) is 7.34. The van der Waals surface area contributed by atoms with Crippen LogP contribution >= 0.6 is 0 Å². The minimum atomic E-state index is -1.73. The standard InChI is InChI=1S/C25H32O8/c1-23-9-7-15(26)11-14(23)3-4-16-17-8-10-25(32,24(17,2)12-18(27)22(16)23)19(28)13-33-21(31)6-5-20(29)30/h7,9,11,16-18,22,27,32H,3-6,8,10,12-13H2,1-2H3,(H,29,30)/t16?,17?,18?,22?,23-,24-,25-/m0/s1. The first-order valence-electron chi connectivity index (χ1n) is 11.7. The summed E-state index contributed by atoms with van der Waals surface area (Å²) in [6.07, 6.45) is 6.27. The molecular formula is C25H32O8. The predicted molar refractivity (Wildman–Crippen MR) is 116 cm³/mol. The number of aliphatic carboxylic acids is 1. The van der Waals surface area contributed by atoms with Crippen LogP contribution in [0.4, 0.5) is 0 Å². The Bertz CT molecular complexity index is 950. The molecule has 0 aliphatic heterocycles. The maximum Gasteiger partial charge on any atom is 0.306 e. The average molecular weight is 461 g/mol. The highest BCUT2D eigenvalue weighted by molar-refractivity contribution is 6.01. The summed E-state index contributed by atoms with van der Waals surface area (Å²) < 4.78 is 4.96. The number of Topliss-reactive ketones (excluding diaryl/α,β-unsaturated/α-hetero) is 1. The van der Waals surface area contributed by atoms with Crippen molar-refractivity contribution in [3.8, 4) is 0 Å². The summed E-state index contributed by atoms with van der Waals surface area (Å²) in [4.78, 5) is 47.4. The first-order chi connectivity index (χ1) is 15.4. The number of hydrogen-bond donors (Lipinski definition) is 3. The van der Waals surface area contributed by atoms with Crippen molar-refractivity contribution in [2.24, 2.45) is 28.6 Å². The Morgan fingerprint density at radius 2 is 1.91 bits per heavy atom. The Labute approximate surface area is 192 Å². The number of rotatable bonds is 6. The van der Waals surface area contributed by atoms with Gasteiger partial charge in [-0.2, -0.15) is 0 Å². The van der Waals surface area contributed by atoms with Gasteiger partial charge in [-0.25, -0.2) is 0 Å². The lowest BCUT2D eigenvalue weighted by Crippen LogP contribution is -2.61. The molecule has 8 heteroatoms. The van der Waals surface area contributed by atoms with Gasteiger partial charge in [-0.05, 0) is 56.1 Å². The lowest BCUT2D eigenvalue weighted by Gasteiger charge is -2.59. The molecular weight excluding hydrogens is 428 g/mol. The Morgan fingerprint density at radius 3 is 2.61 bits per heavy atom. The number of hydrogen-bond acceptors (Lipinski definition) is 7. The van der Waals surface area contributed by atoms with Gasteiger partial charge in [-0.15, -0.1) is 0 Å². The summed E-state index contributed by atoms with van der Waals surface area (Å²) in [5, 5.41) is 31.6. The average Bonchev–Trinajstić information content (AvgIpc) is 3.02. The van der Waals surface area contributed by atoms with E-state index in [1.807, 2.05) is 13.0 Å². The summed E-state index contributed by atoms with van der Waals surface area (Å²) in [6.45, 7) is 3.30. The fourth-order valence-corrected chi connectivity index (χ4v) is 7.34. The molecule has 0 heterocycles. The van der Waals surface area contributed by atoms with E-state index < -0.39 is 46.9 Å². The zero-order valence-corrected chi connectivity index (χ0v) is 19.1. The number of ketones is 2. The third kappa shape index (κ3) is 3.67. The van der Waals surface area contributed by atoms with Crippen LogP contribution in [-0.2, 0) is 23.9 Å². The van der Waals surface area contributed by atoms with Crippen LogP contribution < -0.4 is 0 Å². The quantitative estimate of drug-likeness (QED) is 0.512. The van der Waals surface area contributed by atoms with E-state index in [2.05, 4.69) is 6.92 Å². The number of aliphatic hydroxyl groups excluding tert-OH is 1. The van der Waals surface area contributed by atoms with Gasteiger partial charge in [-0.3, -0.25) is 19.2 Å². The minimum Gasteiger partial charge on any atom is -0.481 e. The Morgan fingerprint density at radius 1 is 1.18 bits per heavy atom. The maximum atomic E-state index is 13.1. The first-order valence-corrected chi connectivity index (χ1v) is 11.7.